The van der Waals surface area contributed by atoms with E-state index in [2.05, 4.69) is 0 Å². The van der Waals surface area contributed by atoms with Crippen LogP contribution < -0.4 is 0 Å². The van der Waals surface area contributed by atoms with Gasteiger partial charge in [-0.1, -0.05) is 0 Å². The van der Waals surface area contributed by atoms with E-state index in [4.69, 9.17) is 9.94 Å². The Morgan fingerprint density at radius 2 is 2.43 bits per heavy atom. The van der Waals surface area contributed by atoms with Crippen molar-refractivity contribution in [3.63, 3.8) is 0 Å². The Morgan fingerprint density at radius 3 is 2.57 bits per heavy atom. The van der Waals surface area contributed by atoms with Gasteiger partial charge in [0.1, 0.15) is 0 Å². The van der Waals surface area contributed by atoms with Gasteiger partial charge in [-0.25, -0.2) is 0 Å². The number of aliphatic hydroxyl groups is 1. The number of rotatable bonds is 2. The van der Waals surface area contributed by atoms with Crippen LogP contribution >= 0.6 is 0 Å². The maximum atomic E-state index is 8.28. The van der Waals surface area contributed by atoms with Gasteiger partial charge in [0.25, 0.3) is 0 Å². The van der Waals surface area contributed by atoms with Crippen LogP contribution in [0.3, 0.4) is 0 Å². The first-order valence-corrected chi connectivity index (χ1v) is 2.42. The lowest BCUT2D eigenvalue weighted by Gasteiger charge is -2.28. The van der Waals surface area contributed by atoms with Crippen molar-refractivity contribution in [3.8, 4) is 0 Å². The summed E-state index contributed by atoms with van der Waals surface area (Å²) < 4.78 is 0. The highest BCUT2D eigenvalue weighted by atomic mass is 16.7. The molecule has 0 atom stereocenters. The van der Waals surface area contributed by atoms with Crippen LogP contribution in [0.4, 0.5) is 0 Å². The Balaban J connectivity index is 1.93. The molecule has 3 heteroatoms. The van der Waals surface area contributed by atoms with Gasteiger partial charge in [0, 0.05) is 13.1 Å². The SMILES string of the molecule is OCCN1CCO1. The van der Waals surface area contributed by atoms with Crippen LogP contribution in [-0.4, -0.2) is 36.5 Å². The topological polar surface area (TPSA) is 32.7 Å². The Labute approximate surface area is 42.4 Å². The molecule has 0 bridgehead atoms. The fourth-order valence-corrected chi connectivity index (χ4v) is 0.508. The van der Waals surface area contributed by atoms with Crippen LogP contribution in [0.1, 0.15) is 0 Å². The quantitative estimate of drug-likeness (QED) is 0.498. The minimum Gasteiger partial charge on any atom is -0.395 e. The number of nitrogens with zero attached hydrogens (tertiary/aromatic N) is 1. The van der Waals surface area contributed by atoms with Gasteiger partial charge in [0.15, 0.2) is 0 Å². The number of hydroxylamine groups is 2. The summed E-state index contributed by atoms with van der Waals surface area (Å²) in [6.07, 6.45) is 0. The summed E-state index contributed by atoms with van der Waals surface area (Å²) >= 11 is 0. The Morgan fingerprint density at radius 1 is 1.71 bits per heavy atom. The molecule has 1 aliphatic rings. The largest absolute Gasteiger partial charge is 0.395 e. The van der Waals surface area contributed by atoms with E-state index >= 15 is 0 Å². The molecule has 0 aliphatic carbocycles. The van der Waals surface area contributed by atoms with Crippen molar-refractivity contribution in [2.75, 3.05) is 26.3 Å². The second-order valence-electron chi connectivity index (χ2n) is 1.49. The summed E-state index contributed by atoms with van der Waals surface area (Å²) in [4.78, 5) is 4.84. The molecule has 1 fully saturated rings. The van der Waals surface area contributed by atoms with Gasteiger partial charge in [-0.3, -0.25) is 4.84 Å². The lowest BCUT2D eigenvalue weighted by Crippen LogP contribution is -2.40. The summed E-state index contributed by atoms with van der Waals surface area (Å²) in [6, 6.07) is 0. The van der Waals surface area contributed by atoms with Crippen molar-refractivity contribution in [2.45, 2.75) is 0 Å². The standard InChI is InChI=1S/C4H9NO2/c6-3-1-5-2-4-7-5/h6H,1-4H2. The number of aliphatic hydroxyl groups excluding tert-OH is 1. The molecule has 1 saturated heterocycles. The number of hydrogen-bond donors (Lipinski definition) is 1. The molecule has 7 heavy (non-hydrogen) atoms. The average Bonchev–Trinajstić information content (AvgIpc) is 1.55. The van der Waals surface area contributed by atoms with E-state index in [0.717, 1.165) is 13.2 Å². The van der Waals surface area contributed by atoms with Crippen molar-refractivity contribution >= 4 is 0 Å². The minimum atomic E-state index is 0.194. The van der Waals surface area contributed by atoms with E-state index < -0.39 is 0 Å². The van der Waals surface area contributed by atoms with E-state index in [9.17, 15) is 0 Å². The van der Waals surface area contributed by atoms with Crippen molar-refractivity contribution in [3.05, 3.63) is 0 Å². The lowest BCUT2D eigenvalue weighted by atomic mass is 10.5. The molecule has 0 aromatic carbocycles. The predicted molar refractivity (Wildman–Crippen MR) is 24.6 cm³/mol. The smallest absolute Gasteiger partial charge is 0.0835 e. The summed E-state index contributed by atoms with van der Waals surface area (Å²) in [7, 11) is 0. The summed E-state index contributed by atoms with van der Waals surface area (Å²) in [5.41, 5.74) is 0. The van der Waals surface area contributed by atoms with Crippen LogP contribution in [0.15, 0.2) is 0 Å². The fraction of sp³-hybridized carbons (Fsp3) is 1.00. The number of hydrogen-bond acceptors (Lipinski definition) is 3. The van der Waals surface area contributed by atoms with Gasteiger partial charge in [0.05, 0.1) is 13.2 Å². The second kappa shape index (κ2) is 2.26. The molecule has 0 amide bonds. The van der Waals surface area contributed by atoms with Gasteiger partial charge in [-0.15, -0.1) is 0 Å². The highest BCUT2D eigenvalue weighted by Crippen LogP contribution is 1.98. The van der Waals surface area contributed by atoms with Crippen LogP contribution in [0, 0.1) is 0 Å². The molecule has 0 unspecified atom stereocenters. The Kier molecular flexibility index (Phi) is 1.62. The highest BCUT2D eigenvalue weighted by molar-refractivity contribution is 4.50. The molecule has 0 spiro atoms. The van der Waals surface area contributed by atoms with Gasteiger partial charge in [0.2, 0.25) is 0 Å². The molecule has 42 valence electrons. The molecule has 3 nitrogen and oxygen atoms in total. The van der Waals surface area contributed by atoms with Crippen molar-refractivity contribution in [1.29, 1.82) is 0 Å². The number of β-amino-alcohol motifs (C(OH)–C–C–N with tert-alkyl or cyclic N) is 1. The third kappa shape index (κ3) is 1.12. The molecule has 0 saturated carbocycles. The normalized spacial score (nSPS) is 21.9. The van der Waals surface area contributed by atoms with Gasteiger partial charge in [-0.05, 0) is 0 Å². The predicted octanol–water partition coefficient (Wildman–Crippen LogP) is -0.774. The monoisotopic (exact) mass is 103 g/mol. The van der Waals surface area contributed by atoms with Gasteiger partial charge >= 0.3 is 0 Å². The van der Waals surface area contributed by atoms with E-state index in [0.29, 0.717) is 6.54 Å². The summed E-state index contributed by atoms with van der Waals surface area (Å²) in [5, 5.41) is 10.0. The molecule has 1 aliphatic heterocycles. The third-order valence-electron chi connectivity index (χ3n) is 0.964. The van der Waals surface area contributed by atoms with E-state index in [1.807, 2.05) is 0 Å². The van der Waals surface area contributed by atoms with Crippen LogP contribution in [0.2, 0.25) is 0 Å². The first-order valence-electron chi connectivity index (χ1n) is 2.42. The first kappa shape index (κ1) is 5.03. The lowest BCUT2D eigenvalue weighted by molar-refractivity contribution is -0.249. The molecular weight excluding hydrogens is 94.0 g/mol. The van der Waals surface area contributed by atoms with Crippen molar-refractivity contribution < 1.29 is 9.94 Å². The minimum absolute atomic E-state index is 0.194. The zero-order valence-electron chi connectivity index (χ0n) is 4.13. The van der Waals surface area contributed by atoms with Crippen LogP contribution in [-0.2, 0) is 4.84 Å². The van der Waals surface area contributed by atoms with Gasteiger partial charge in [-0.2, -0.15) is 5.06 Å². The Hall–Kier alpha value is -0.120. The first-order chi connectivity index (χ1) is 3.43. The van der Waals surface area contributed by atoms with Gasteiger partial charge < -0.3 is 5.11 Å². The average molecular weight is 103 g/mol. The van der Waals surface area contributed by atoms with Crippen LogP contribution in [0.25, 0.3) is 0 Å². The molecule has 1 N–H and O–H groups in total. The fourth-order valence-electron chi connectivity index (χ4n) is 0.508. The zero-order valence-corrected chi connectivity index (χ0v) is 4.13. The van der Waals surface area contributed by atoms with Crippen molar-refractivity contribution in [1.82, 2.24) is 5.06 Å². The van der Waals surface area contributed by atoms with Crippen LogP contribution in [0.5, 0.6) is 0 Å². The summed E-state index contributed by atoms with van der Waals surface area (Å²) in [6.45, 7) is 2.64. The molecule has 0 radical (unpaired) electrons. The van der Waals surface area contributed by atoms with E-state index in [1.54, 1.807) is 5.06 Å². The van der Waals surface area contributed by atoms with Crippen molar-refractivity contribution in [2.24, 2.45) is 0 Å². The molecule has 1 rings (SSSR count). The molecular formula is C4H9NO2. The van der Waals surface area contributed by atoms with E-state index in [-0.39, 0.29) is 6.61 Å². The second-order valence-corrected chi connectivity index (χ2v) is 1.49. The molecule has 0 aromatic rings. The summed E-state index contributed by atoms with van der Waals surface area (Å²) in [5.74, 6) is 0. The molecule has 1 heterocycles. The zero-order chi connectivity index (χ0) is 5.11. The highest BCUT2D eigenvalue weighted by Gasteiger charge is 2.12. The molecule has 0 aromatic heterocycles. The Bertz CT molecular complexity index is 53.7. The maximum absolute atomic E-state index is 8.28. The van der Waals surface area contributed by atoms with E-state index in [1.165, 1.54) is 0 Å². The maximum Gasteiger partial charge on any atom is 0.0835 e. The third-order valence-corrected chi connectivity index (χ3v) is 0.964.